The average Bonchev–Trinajstić information content (AvgIpc) is 2.49. The first-order valence-corrected chi connectivity index (χ1v) is 3.98. The van der Waals surface area contributed by atoms with Gasteiger partial charge in [-0.15, -0.1) is 0 Å². The fourth-order valence-electron chi connectivity index (χ4n) is 1.65. The molecule has 0 fully saturated rings. The molecule has 1 aromatic carbocycles. The van der Waals surface area contributed by atoms with Crippen LogP contribution in [0.25, 0.3) is 0 Å². The molecule has 0 aliphatic carbocycles. The molecule has 1 heterocycles. The first kappa shape index (κ1) is 7.58. The van der Waals surface area contributed by atoms with Crippen LogP contribution in [0.1, 0.15) is 17.2 Å². The summed E-state index contributed by atoms with van der Waals surface area (Å²) in [7, 11) is 0. The number of nitrogens with one attached hydrogen (secondary N) is 1. The highest BCUT2D eigenvalue weighted by Gasteiger charge is 2.23. The Balaban J connectivity index is 2.48. The van der Waals surface area contributed by atoms with Gasteiger partial charge in [-0.1, -0.05) is 12.1 Å². The van der Waals surface area contributed by atoms with E-state index < -0.39 is 0 Å². The highest BCUT2D eigenvalue weighted by molar-refractivity contribution is 5.44. The largest absolute Gasteiger partial charge is 0.508 e. The molecule has 1 aliphatic rings. The topological polar surface area (TPSA) is 52.5 Å². The van der Waals surface area contributed by atoms with Crippen molar-refractivity contribution in [1.82, 2.24) is 5.32 Å². The molecule has 1 aromatic rings. The monoisotopic (exact) mass is 165 g/mol. The third-order valence-corrected chi connectivity index (χ3v) is 2.24. The van der Waals surface area contributed by atoms with Crippen LogP contribution in [0, 0.1) is 0 Å². The van der Waals surface area contributed by atoms with Crippen LogP contribution >= 0.6 is 0 Å². The summed E-state index contributed by atoms with van der Waals surface area (Å²) in [6.45, 7) is 0.763. The maximum atomic E-state index is 9.48. The van der Waals surface area contributed by atoms with Gasteiger partial charge in [-0.2, -0.15) is 0 Å². The lowest BCUT2D eigenvalue weighted by Gasteiger charge is -2.08. The van der Waals surface area contributed by atoms with Gasteiger partial charge in [-0.3, -0.25) is 0 Å². The molecule has 3 heteroatoms. The molecule has 0 amide bonds. The van der Waals surface area contributed by atoms with Gasteiger partial charge < -0.3 is 15.5 Å². The smallest absolute Gasteiger partial charge is 0.120 e. The predicted molar refractivity (Wildman–Crippen MR) is 44.8 cm³/mol. The van der Waals surface area contributed by atoms with E-state index >= 15 is 0 Å². The molecule has 0 bridgehead atoms. The van der Waals surface area contributed by atoms with Crippen LogP contribution in [0.4, 0.5) is 0 Å². The first-order chi connectivity index (χ1) is 5.83. The number of hydrogen-bond acceptors (Lipinski definition) is 3. The van der Waals surface area contributed by atoms with Crippen molar-refractivity contribution in [2.45, 2.75) is 12.6 Å². The molecule has 0 saturated carbocycles. The summed E-state index contributed by atoms with van der Waals surface area (Å²) < 4.78 is 0. The molecule has 1 unspecified atom stereocenters. The van der Waals surface area contributed by atoms with Crippen LogP contribution in [-0.2, 0) is 6.54 Å². The maximum absolute atomic E-state index is 9.48. The van der Waals surface area contributed by atoms with E-state index in [0.29, 0.717) is 0 Å². The van der Waals surface area contributed by atoms with Crippen molar-refractivity contribution in [2.75, 3.05) is 6.61 Å². The molecule has 3 N–H and O–H groups in total. The van der Waals surface area contributed by atoms with Crippen molar-refractivity contribution in [3.8, 4) is 5.75 Å². The van der Waals surface area contributed by atoms with E-state index in [0.717, 1.165) is 17.7 Å². The van der Waals surface area contributed by atoms with E-state index in [2.05, 4.69) is 5.32 Å². The molecule has 0 saturated heterocycles. The van der Waals surface area contributed by atoms with Gasteiger partial charge in [0.15, 0.2) is 0 Å². The fourth-order valence-corrected chi connectivity index (χ4v) is 1.65. The van der Waals surface area contributed by atoms with Crippen LogP contribution in [0.2, 0.25) is 0 Å². The van der Waals surface area contributed by atoms with Gasteiger partial charge in [-0.05, 0) is 11.6 Å². The summed E-state index contributed by atoms with van der Waals surface area (Å²) in [6.07, 6.45) is 0. The third-order valence-electron chi connectivity index (χ3n) is 2.24. The van der Waals surface area contributed by atoms with Gasteiger partial charge in [0.1, 0.15) is 5.75 Å². The minimum Gasteiger partial charge on any atom is -0.508 e. The Kier molecular flexibility index (Phi) is 1.75. The Morgan fingerprint density at radius 2 is 2.33 bits per heavy atom. The van der Waals surface area contributed by atoms with E-state index in [1.54, 1.807) is 6.07 Å². The minimum absolute atomic E-state index is 0.0323. The Bertz CT molecular complexity index is 299. The van der Waals surface area contributed by atoms with Crippen molar-refractivity contribution in [3.05, 3.63) is 29.3 Å². The summed E-state index contributed by atoms with van der Waals surface area (Å²) in [6, 6.07) is 5.32. The quantitative estimate of drug-likeness (QED) is 0.569. The summed E-state index contributed by atoms with van der Waals surface area (Å²) >= 11 is 0. The molecule has 64 valence electrons. The molecule has 0 spiro atoms. The van der Waals surface area contributed by atoms with Gasteiger partial charge >= 0.3 is 0 Å². The second-order valence-corrected chi connectivity index (χ2v) is 2.97. The van der Waals surface area contributed by atoms with Crippen molar-refractivity contribution in [3.63, 3.8) is 0 Å². The van der Waals surface area contributed by atoms with Crippen molar-refractivity contribution in [2.24, 2.45) is 0 Å². The van der Waals surface area contributed by atoms with Crippen LogP contribution in [-0.4, -0.2) is 16.8 Å². The highest BCUT2D eigenvalue weighted by Crippen LogP contribution is 2.32. The Morgan fingerprint density at radius 3 is 3.08 bits per heavy atom. The lowest BCUT2D eigenvalue weighted by Crippen LogP contribution is -2.15. The van der Waals surface area contributed by atoms with E-state index in [4.69, 9.17) is 5.11 Å². The normalized spacial score (nSPS) is 20.9. The number of phenolic OH excluding ortho intramolecular Hbond substituents is 1. The van der Waals surface area contributed by atoms with Crippen LogP contribution in [0.3, 0.4) is 0 Å². The first-order valence-electron chi connectivity index (χ1n) is 3.98. The Morgan fingerprint density at radius 1 is 1.50 bits per heavy atom. The van der Waals surface area contributed by atoms with Gasteiger partial charge in [0.05, 0.1) is 12.6 Å². The van der Waals surface area contributed by atoms with Crippen LogP contribution < -0.4 is 5.32 Å². The lowest BCUT2D eigenvalue weighted by atomic mass is 10.0. The van der Waals surface area contributed by atoms with Crippen molar-refractivity contribution in [1.29, 1.82) is 0 Å². The van der Waals surface area contributed by atoms with Crippen LogP contribution in [0.15, 0.2) is 18.2 Å². The predicted octanol–water partition coefficient (Wildman–Crippen LogP) is 0.529. The Hall–Kier alpha value is -1.06. The number of fused-ring (bicyclic) bond motifs is 1. The number of phenols is 1. The van der Waals surface area contributed by atoms with E-state index in [-0.39, 0.29) is 18.4 Å². The summed E-state index contributed by atoms with van der Waals surface area (Å²) in [5.41, 5.74) is 1.93. The second kappa shape index (κ2) is 2.77. The lowest BCUT2D eigenvalue weighted by molar-refractivity contribution is 0.249. The number of aliphatic hydroxyl groups excluding tert-OH is 1. The van der Waals surface area contributed by atoms with Gasteiger partial charge in [0.2, 0.25) is 0 Å². The zero-order valence-corrected chi connectivity index (χ0v) is 6.62. The summed E-state index contributed by atoms with van der Waals surface area (Å²) in [5, 5.41) is 21.5. The van der Waals surface area contributed by atoms with Gasteiger partial charge in [0.25, 0.3) is 0 Å². The minimum atomic E-state index is -0.0961. The standard InChI is InChI=1S/C9H11NO2/c11-5-7-9-6(4-10-7)2-1-3-8(9)12/h1-3,7,10-12H,4-5H2. The van der Waals surface area contributed by atoms with Crippen molar-refractivity contribution < 1.29 is 10.2 Å². The molecule has 0 aromatic heterocycles. The molecule has 1 atom stereocenters. The third kappa shape index (κ3) is 0.983. The molecule has 3 nitrogen and oxygen atoms in total. The van der Waals surface area contributed by atoms with E-state index in [9.17, 15) is 5.11 Å². The number of rotatable bonds is 1. The zero-order chi connectivity index (χ0) is 8.55. The second-order valence-electron chi connectivity index (χ2n) is 2.97. The van der Waals surface area contributed by atoms with E-state index in [1.807, 2.05) is 12.1 Å². The Labute approximate surface area is 70.7 Å². The summed E-state index contributed by atoms with van der Waals surface area (Å²) in [5.74, 6) is 0.275. The SMILES string of the molecule is OCC1NCc2cccc(O)c21. The van der Waals surface area contributed by atoms with Crippen LogP contribution in [0.5, 0.6) is 5.75 Å². The maximum Gasteiger partial charge on any atom is 0.120 e. The fraction of sp³-hybridized carbons (Fsp3) is 0.333. The molecule has 0 radical (unpaired) electrons. The van der Waals surface area contributed by atoms with Crippen molar-refractivity contribution >= 4 is 0 Å². The molecular weight excluding hydrogens is 154 g/mol. The highest BCUT2D eigenvalue weighted by atomic mass is 16.3. The number of aromatic hydroxyl groups is 1. The zero-order valence-electron chi connectivity index (χ0n) is 6.62. The molecule has 1 aliphatic heterocycles. The summed E-state index contributed by atoms with van der Waals surface area (Å²) in [4.78, 5) is 0. The molecule has 12 heavy (non-hydrogen) atoms. The van der Waals surface area contributed by atoms with Gasteiger partial charge in [0, 0.05) is 12.1 Å². The van der Waals surface area contributed by atoms with Gasteiger partial charge in [-0.25, -0.2) is 0 Å². The number of benzene rings is 1. The average molecular weight is 165 g/mol. The number of aliphatic hydroxyl groups is 1. The molecule has 2 rings (SSSR count). The number of hydrogen-bond donors (Lipinski definition) is 3. The molecular formula is C9H11NO2. The van der Waals surface area contributed by atoms with E-state index in [1.165, 1.54) is 0 Å².